The predicted octanol–water partition coefficient (Wildman–Crippen LogP) is 8.13. The van der Waals surface area contributed by atoms with Crippen LogP contribution in [-0.2, 0) is 37.8 Å². The van der Waals surface area contributed by atoms with Crippen LogP contribution < -0.4 is 26.2 Å². The van der Waals surface area contributed by atoms with Gasteiger partial charge in [0.15, 0.2) is 11.4 Å². The van der Waals surface area contributed by atoms with Gasteiger partial charge in [0.05, 0.1) is 55.6 Å². The van der Waals surface area contributed by atoms with Crippen molar-refractivity contribution in [1.82, 2.24) is 29.3 Å². The van der Waals surface area contributed by atoms with Crippen LogP contribution in [0, 0.1) is 28.8 Å². The van der Waals surface area contributed by atoms with Gasteiger partial charge >= 0.3 is 18.1 Å². The van der Waals surface area contributed by atoms with Crippen LogP contribution in [0.3, 0.4) is 0 Å². The van der Waals surface area contributed by atoms with Gasteiger partial charge in [-0.1, -0.05) is 31.2 Å². The highest BCUT2D eigenvalue weighted by Gasteiger charge is 2.45. The molecule has 0 radical (unpaired) electrons. The molecule has 0 saturated carbocycles. The number of likely N-dealkylation sites (N-methyl/N-ethyl adjacent to an activating group) is 1. The quantitative estimate of drug-likeness (QED) is 0.0867. The first-order valence-electron chi connectivity index (χ1n) is 24.8. The van der Waals surface area contributed by atoms with Crippen molar-refractivity contribution in [2.24, 2.45) is 0 Å². The van der Waals surface area contributed by atoms with E-state index in [1.54, 1.807) is 19.1 Å². The third-order valence-electron chi connectivity index (χ3n) is 15.2. The number of hydrogen-bond donors (Lipinski definition) is 3. The van der Waals surface area contributed by atoms with Crippen molar-refractivity contribution in [3.05, 3.63) is 110 Å². The molecule has 4 aromatic heterocycles. The average Bonchev–Trinajstić information content (AvgIpc) is 4.23. The molecule has 4 aliphatic heterocycles. The van der Waals surface area contributed by atoms with E-state index in [-0.39, 0.29) is 139 Å². The number of nitrogens with two attached hydrogens (primary N) is 1. The standard InChI is InChI=1S/C54H48ClF3N10O8S/c1-6-54(73)34-17-40-44-28(21-68(40)50(70)33(34)23-74-51(54)71)14-27-15-39(37(57)18-38(27)61-44)62-53(72)76-26(4)25(3)49(69)66-12-13-67(24(2)20-66)48-31-16-35(55)42(30-9-10-36(56)46-41(30)32(19-59)47(60)77-46)43(58)45(31)63-52(64-48)75-22-29-8-7-11-65(29)5/h9-10,14-18,24,26,29,73H,3,6-8,11-13,20-23,60H2,1-2,4-5H3,(H,62,72)/t24-,26+,29-,54-/m0/s1. The first-order valence-corrected chi connectivity index (χ1v) is 26.0. The normalized spacial score (nSPS) is 19.5. The van der Waals surface area contributed by atoms with Crippen molar-refractivity contribution in [2.45, 2.75) is 77.0 Å². The molecule has 77 heavy (non-hydrogen) atoms. The summed E-state index contributed by atoms with van der Waals surface area (Å²) >= 11 is 7.82. The van der Waals surface area contributed by atoms with E-state index in [0.717, 1.165) is 36.8 Å². The van der Waals surface area contributed by atoms with Crippen molar-refractivity contribution < 1.29 is 46.9 Å². The van der Waals surface area contributed by atoms with E-state index in [0.29, 0.717) is 22.3 Å². The third kappa shape index (κ3) is 8.52. The Morgan fingerprint density at radius 2 is 1.91 bits per heavy atom. The van der Waals surface area contributed by atoms with Gasteiger partial charge in [-0.2, -0.15) is 15.2 Å². The number of esters is 1. The van der Waals surface area contributed by atoms with Gasteiger partial charge in [-0.05, 0) is 82.6 Å². The molecule has 18 nitrogen and oxygen atoms in total. The highest BCUT2D eigenvalue weighted by Crippen LogP contribution is 2.46. The third-order valence-corrected chi connectivity index (χ3v) is 16.5. The van der Waals surface area contributed by atoms with Gasteiger partial charge in [0.25, 0.3) is 11.5 Å². The van der Waals surface area contributed by atoms with Crippen molar-refractivity contribution in [1.29, 1.82) is 5.26 Å². The molecule has 2 saturated heterocycles. The summed E-state index contributed by atoms with van der Waals surface area (Å²) in [4.78, 5) is 73.1. The summed E-state index contributed by atoms with van der Waals surface area (Å²) in [7, 11) is 1.99. The van der Waals surface area contributed by atoms with Crippen LogP contribution in [0.2, 0.25) is 5.02 Å². The van der Waals surface area contributed by atoms with E-state index in [9.17, 15) is 29.5 Å². The van der Waals surface area contributed by atoms with Crippen LogP contribution in [0.25, 0.3) is 54.4 Å². The van der Waals surface area contributed by atoms with Gasteiger partial charge in [-0.25, -0.2) is 27.7 Å². The number of nitrogens with one attached hydrogen (secondary N) is 1. The van der Waals surface area contributed by atoms with E-state index in [2.05, 4.69) is 26.8 Å². The molecule has 0 unspecified atom stereocenters. The number of carbonyl (C=O) groups is 3. The second-order valence-corrected chi connectivity index (χ2v) is 21.2. The molecule has 3 aromatic carbocycles. The Balaban J connectivity index is 0.802. The number of halogens is 4. The molecule has 2 fully saturated rings. The van der Waals surface area contributed by atoms with Crippen LogP contribution in [-0.4, -0.2) is 110 Å². The number of nitriles is 1. The lowest BCUT2D eigenvalue weighted by atomic mass is 9.86. The van der Waals surface area contributed by atoms with E-state index in [1.807, 2.05) is 24.9 Å². The number of thiophene rings is 1. The van der Waals surface area contributed by atoms with E-state index in [1.165, 1.54) is 40.7 Å². The number of pyridine rings is 2. The second kappa shape index (κ2) is 19.3. The fraction of sp³-hybridized carbons (Fsp3) is 0.333. The minimum Gasteiger partial charge on any atom is -0.462 e. The summed E-state index contributed by atoms with van der Waals surface area (Å²) < 4.78 is 66.5. The molecule has 0 spiro atoms. The fourth-order valence-electron chi connectivity index (χ4n) is 10.9. The maximum Gasteiger partial charge on any atom is 0.412 e. The van der Waals surface area contributed by atoms with Gasteiger partial charge < -0.3 is 44.3 Å². The lowest BCUT2D eigenvalue weighted by molar-refractivity contribution is -0.172. The largest absolute Gasteiger partial charge is 0.462 e. The van der Waals surface area contributed by atoms with Crippen molar-refractivity contribution in [3.8, 4) is 34.6 Å². The van der Waals surface area contributed by atoms with Gasteiger partial charge in [-0.15, -0.1) is 11.3 Å². The Labute approximate surface area is 446 Å². The summed E-state index contributed by atoms with van der Waals surface area (Å²) in [5.74, 6) is -3.42. The number of nitrogens with zero attached hydrogens (tertiary/aromatic N) is 8. The number of benzene rings is 3. The van der Waals surface area contributed by atoms with Crippen molar-refractivity contribution in [3.63, 3.8) is 0 Å². The van der Waals surface area contributed by atoms with Crippen LogP contribution in [0.5, 0.6) is 6.01 Å². The summed E-state index contributed by atoms with van der Waals surface area (Å²) in [6.45, 7) is 10.2. The van der Waals surface area contributed by atoms with Crippen LogP contribution in [0.4, 0.5) is 34.5 Å². The summed E-state index contributed by atoms with van der Waals surface area (Å²) in [6, 6.07) is 11.3. The predicted molar refractivity (Wildman–Crippen MR) is 282 cm³/mol. The number of carbonyl (C=O) groups excluding carboxylic acids is 3. The lowest BCUT2D eigenvalue weighted by Gasteiger charge is -2.41. The first kappa shape index (κ1) is 51.3. The minimum atomic E-state index is -2.01. The summed E-state index contributed by atoms with van der Waals surface area (Å²) in [6.07, 6.45) is -0.404. The number of anilines is 3. The number of aromatic nitrogens is 4. The smallest absolute Gasteiger partial charge is 0.412 e. The Morgan fingerprint density at radius 3 is 2.64 bits per heavy atom. The van der Waals surface area contributed by atoms with Gasteiger partial charge in [-0.3, -0.25) is 14.9 Å². The monoisotopic (exact) mass is 1090 g/mol. The maximum absolute atomic E-state index is 17.3. The zero-order valence-corrected chi connectivity index (χ0v) is 43.5. The van der Waals surface area contributed by atoms with E-state index in [4.69, 9.17) is 36.5 Å². The van der Waals surface area contributed by atoms with Crippen LogP contribution >= 0.6 is 22.9 Å². The number of aliphatic hydroxyl groups is 1. The minimum absolute atomic E-state index is 0.00503. The Morgan fingerprint density at radius 1 is 1.12 bits per heavy atom. The van der Waals surface area contributed by atoms with Crippen molar-refractivity contribution >= 4 is 89.3 Å². The second-order valence-electron chi connectivity index (χ2n) is 19.7. The van der Waals surface area contributed by atoms with Crippen molar-refractivity contribution in [2.75, 3.05) is 55.8 Å². The number of rotatable bonds is 10. The lowest BCUT2D eigenvalue weighted by Crippen LogP contribution is -2.54. The molecular formula is C54H48ClF3N10O8S. The molecule has 2 amide bonds. The molecule has 23 heteroatoms. The molecule has 4 atom stereocenters. The number of hydrogen-bond acceptors (Lipinski definition) is 16. The van der Waals surface area contributed by atoms with Gasteiger partial charge in [0.2, 0.25) is 0 Å². The number of amides is 2. The highest BCUT2D eigenvalue weighted by molar-refractivity contribution is 7.23. The number of fused-ring (bicyclic) bond motifs is 7. The Bertz CT molecular complexity index is 3850. The number of piperazine rings is 1. The molecule has 8 heterocycles. The van der Waals surface area contributed by atoms with E-state index >= 15 is 13.2 Å². The average molecular weight is 1090 g/mol. The van der Waals surface area contributed by atoms with E-state index < -0.39 is 58.7 Å². The number of ether oxygens (including phenoxy) is 3. The Hall–Kier alpha value is -7.84. The molecule has 4 aliphatic rings. The molecule has 0 aliphatic carbocycles. The fourth-order valence-corrected chi connectivity index (χ4v) is 12.1. The zero-order chi connectivity index (χ0) is 54.5. The summed E-state index contributed by atoms with van der Waals surface area (Å²) in [5.41, 5.74) is 5.08. The molecular weight excluding hydrogens is 1040 g/mol. The number of cyclic esters (lactones) is 1. The zero-order valence-electron chi connectivity index (χ0n) is 41.9. The Kier molecular flexibility index (Phi) is 12.9. The topological polar surface area (TPSA) is 231 Å². The highest BCUT2D eigenvalue weighted by atomic mass is 35.5. The maximum atomic E-state index is 17.3. The SMILES string of the molecule is C=C(C(=O)N1CCN(c2nc(OC[C@@H]3CCCN3C)nc3c(F)c(-c4ccc(F)c5sc(N)c(C#N)c45)c(Cl)cc23)[C@@H](C)C1)[C@@H](C)OC(=O)Nc1cc2cc3c(nc2cc1F)-c1cc2c(c(=O)n1C3)COC(=O)[C@]2(O)CC. The van der Waals surface area contributed by atoms with Crippen LogP contribution in [0.1, 0.15) is 62.3 Å². The number of likely N-dealkylation sites (tertiary alicyclic amines) is 1. The van der Waals surface area contributed by atoms with Crippen LogP contribution in [0.15, 0.2) is 59.4 Å². The molecule has 11 rings (SSSR count). The molecule has 0 bridgehead atoms. The molecule has 7 aromatic rings. The molecule has 396 valence electrons. The summed E-state index contributed by atoms with van der Waals surface area (Å²) in [5, 5.41) is 24.4. The number of nitrogen functional groups attached to an aromatic ring is 1. The first-order chi connectivity index (χ1) is 36.8. The molecule has 4 N–H and O–H groups in total. The van der Waals surface area contributed by atoms with Gasteiger partial charge in [0, 0.05) is 70.6 Å². The van der Waals surface area contributed by atoms with Gasteiger partial charge in [0.1, 0.15) is 53.4 Å².